The molecule has 0 N–H and O–H groups in total. The van der Waals surface area contributed by atoms with E-state index in [1.807, 2.05) is 0 Å². The lowest BCUT2D eigenvalue weighted by molar-refractivity contribution is 0.623. The highest BCUT2D eigenvalue weighted by Crippen LogP contribution is 2.29. The van der Waals surface area contributed by atoms with Gasteiger partial charge in [0.2, 0.25) is 0 Å². The quantitative estimate of drug-likeness (QED) is 0.655. The van der Waals surface area contributed by atoms with Gasteiger partial charge in [-0.25, -0.2) is 9.37 Å². The predicted molar refractivity (Wildman–Crippen MR) is 59.4 cm³/mol. The molecule has 1 heterocycles. The van der Waals surface area contributed by atoms with E-state index in [4.69, 9.17) is 23.2 Å². The monoisotopic (exact) mass is 293 g/mol. The van der Waals surface area contributed by atoms with Crippen LogP contribution in [0.15, 0.2) is 22.7 Å². The van der Waals surface area contributed by atoms with E-state index in [9.17, 15) is 4.39 Å². The summed E-state index contributed by atoms with van der Waals surface area (Å²) < 4.78 is 13.5. The van der Waals surface area contributed by atoms with Gasteiger partial charge in [-0.3, -0.25) is 0 Å². The van der Waals surface area contributed by atoms with Crippen molar-refractivity contribution in [3.05, 3.63) is 38.8 Å². The van der Waals surface area contributed by atoms with E-state index in [0.717, 1.165) is 0 Å². The average Bonchev–Trinajstić information content (AvgIpc) is 2.08. The summed E-state index contributed by atoms with van der Waals surface area (Å²) in [7, 11) is 0. The molecule has 0 aliphatic carbocycles. The molecule has 2 rings (SSSR count). The highest BCUT2D eigenvalue weighted by Gasteiger charge is 2.07. The largest absolute Gasteiger partial charge is 0.224 e. The van der Waals surface area contributed by atoms with E-state index in [0.29, 0.717) is 15.2 Å². The molecule has 0 saturated heterocycles. The third kappa shape index (κ3) is 1.72. The first-order valence-electron chi connectivity index (χ1n) is 3.69. The van der Waals surface area contributed by atoms with Crippen molar-refractivity contribution in [1.82, 2.24) is 4.98 Å². The summed E-state index contributed by atoms with van der Waals surface area (Å²) >= 11 is 14.6. The molecule has 0 spiro atoms. The van der Waals surface area contributed by atoms with Gasteiger partial charge in [0.15, 0.2) is 0 Å². The zero-order chi connectivity index (χ0) is 10.3. The summed E-state index contributed by atoms with van der Waals surface area (Å²) in [5.74, 6) is -0.351. The zero-order valence-electron chi connectivity index (χ0n) is 6.69. The minimum absolute atomic E-state index is 0.254. The highest BCUT2D eigenvalue weighted by molar-refractivity contribution is 9.10. The molecule has 0 amide bonds. The molecule has 0 bridgehead atoms. The topological polar surface area (TPSA) is 12.9 Å². The summed E-state index contributed by atoms with van der Waals surface area (Å²) in [5.41, 5.74) is 0. The maximum Gasteiger partial charge on any atom is 0.138 e. The van der Waals surface area contributed by atoms with E-state index >= 15 is 0 Å². The van der Waals surface area contributed by atoms with Crippen LogP contribution in [-0.2, 0) is 0 Å². The van der Waals surface area contributed by atoms with Crippen molar-refractivity contribution in [3.8, 4) is 0 Å². The Labute approximate surface area is 98.0 Å². The molecule has 72 valence electrons. The summed E-state index contributed by atoms with van der Waals surface area (Å²) in [6, 6.07) is 4.51. The van der Waals surface area contributed by atoms with Gasteiger partial charge < -0.3 is 0 Å². The molecule has 0 saturated carbocycles. The lowest BCUT2D eigenvalue weighted by Crippen LogP contribution is -1.84. The number of benzene rings is 1. The van der Waals surface area contributed by atoms with Crippen LogP contribution in [0.4, 0.5) is 4.39 Å². The van der Waals surface area contributed by atoms with Crippen LogP contribution in [0.25, 0.3) is 10.8 Å². The minimum Gasteiger partial charge on any atom is -0.224 e. The maximum absolute atomic E-state index is 13.2. The first-order valence-corrected chi connectivity index (χ1v) is 5.23. The molecule has 1 nitrogen and oxygen atoms in total. The first-order chi connectivity index (χ1) is 6.58. The van der Waals surface area contributed by atoms with Gasteiger partial charge in [0.1, 0.15) is 16.1 Å². The fraction of sp³-hybridized carbons (Fsp3) is 0. The van der Waals surface area contributed by atoms with Crippen LogP contribution in [0.2, 0.25) is 10.3 Å². The van der Waals surface area contributed by atoms with Crippen LogP contribution in [0.3, 0.4) is 0 Å². The molecule has 0 aliphatic rings. The Morgan fingerprint density at radius 2 is 1.93 bits per heavy atom. The van der Waals surface area contributed by atoms with Crippen molar-refractivity contribution in [2.75, 3.05) is 0 Å². The number of pyridine rings is 1. The van der Waals surface area contributed by atoms with E-state index < -0.39 is 0 Å². The second-order valence-corrected chi connectivity index (χ2v) is 4.32. The average molecular weight is 295 g/mol. The summed E-state index contributed by atoms with van der Waals surface area (Å²) in [5, 5.41) is 1.83. The molecule has 0 aliphatic heterocycles. The summed E-state index contributed by atoms with van der Waals surface area (Å²) in [6.45, 7) is 0. The lowest BCUT2D eigenvalue weighted by atomic mass is 10.2. The first kappa shape index (κ1) is 10.1. The summed E-state index contributed by atoms with van der Waals surface area (Å²) in [4.78, 5) is 3.86. The molecule has 0 fully saturated rings. The third-order valence-electron chi connectivity index (χ3n) is 1.79. The van der Waals surface area contributed by atoms with Crippen LogP contribution >= 0.6 is 39.1 Å². The van der Waals surface area contributed by atoms with Crippen LogP contribution < -0.4 is 0 Å². The van der Waals surface area contributed by atoms with Gasteiger partial charge in [-0.1, -0.05) is 23.2 Å². The van der Waals surface area contributed by atoms with Gasteiger partial charge in [0.25, 0.3) is 0 Å². The van der Waals surface area contributed by atoms with Crippen LogP contribution in [0.1, 0.15) is 0 Å². The fourth-order valence-electron chi connectivity index (χ4n) is 1.17. The van der Waals surface area contributed by atoms with E-state index in [1.54, 1.807) is 12.1 Å². The van der Waals surface area contributed by atoms with Gasteiger partial charge in [-0.2, -0.15) is 0 Å². The van der Waals surface area contributed by atoms with Crippen molar-refractivity contribution in [2.45, 2.75) is 0 Å². The van der Waals surface area contributed by atoms with Crippen molar-refractivity contribution in [3.63, 3.8) is 0 Å². The zero-order valence-corrected chi connectivity index (χ0v) is 9.79. The van der Waals surface area contributed by atoms with Gasteiger partial charge in [0.05, 0.1) is 4.47 Å². The molecule has 2 aromatic rings. The number of hydrogen-bond acceptors (Lipinski definition) is 1. The second kappa shape index (κ2) is 3.65. The highest BCUT2D eigenvalue weighted by atomic mass is 79.9. The number of hydrogen-bond donors (Lipinski definition) is 0. The Morgan fingerprint density at radius 1 is 1.21 bits per heavy atom. The molecule has 1 aromatic heterocycles. The van der Waals surface area contributed by atoms with Crippen molar-refractivity contribution in [1.29, 1.82) is 0 Å². The third-order valence-corrected chi connectivity index (χ3v) is 2.88. The molecule has 0 atom stereocenters. The normalized spacial score (nSPS) is 10.9. The molecular formula is C9H3BrCl2FN. The Bertz CT molecular complexity index is 516. The number of rotatable bonds is 0. The van der Waals surface area contributed by atoms with Crippen molar-refractivity contribution >= 4 is 49.9 Å². The molecule has 0 unspecified atom stereocenters. The van der Waals surface area contributed by atoms with Crippen LogP contribution in [0, 0.1) is 5.82 Å². The maximum atomic E-state index is 13.2. The molecule has 1 aromatic carbocycles. The molecular weight excluding hydrogens is 292 g/mol. The second-order valence-electron chi connectivity index (χ2n) is 2.72. The van der Waals surface area contributed by atoms with Crippen LogP contribution in [0.5, 0.6) is 0 Å². The summed E-state index contributed by atoms with van der Waals surface area (Å²) in [6.07, 6.45) is 0. The number of nitrogens with zero attached hydrogens (tertiary/aromatic N) is 1. The van der Waals surface area contributed by atoms with Crippen molar-refractivity contribution < 1.29 is 4.39 Å². The van der Waals surface area contributed by atoms with Crippen molar-refractivity contribution in [2.24, 2.45) is 0 Å². The standard InChI is InChI=1S/C9H3BrCl2FN/c10-6-3-5-4(1-7(6)13)2-8(11)14-9(5)12/h1-3H. The van der Waals surface area contributed by atoms with E-state index in [1.165, 1.54) is 6.07 Å². The minimum atomic E-state index is -0.351. The van der Waals surface area contributed by atoms with Crippen LogP contribution in [-0.4, -0.2) is 4.98 Å². The van der Waals surface area contributed by atoms with Gasteiger partial charge in [0, 0.05) is 5.39 Å². The Morgan fingerprint density at radius 3 is 2.64 bits per heavy atom. The number of halogens is 4. The van der Waals surface area contributed by atoms with Gasteiger partial charge >= 0.3 is 0 Å². The Hall–Kier alpha value is -0.380. The fourth-order valence-corrected chi connectivity index (χ4v) is 2.02. The smallest absolute Gasteiger partial charge is 0.138 e. The van der Waals surface area contributed by atoms with Gasteiger partial charge in [-0.15, -0.1) is 0 Å². The number of aromatic nitrogens is 1. The van der Waals surface area contributed by atoms with E-state index in [2.05, 4.69) is 20.9 Å². The SMILES string of the molecule is Fc1cc2cc(Cl)nc(Cl)c2cc1Br. The molecule has 14 heavy (non-hydrogen) atoms. The van der Waals surface area contributed by atoms with Gasteiger partial charge in [-0.05, 0) is 39.5 Å². The molecule has 5 heteroatoms. The Kier molecular flexibility index (Phi) is 2.64. The van der Waals surface area contributed by atoms with E-state index in [-0.39, 0.29) is 16.1 Å². The predicted octanol–water partition coefficient (Wildman–Crippen LogP) is 4.44. The lowest BCUT2D eigenvalue weighted by Gasteiger charge is -2.02. The molecule has 0 radical (unpaired) electrons. The Balaban J connectivity index is 2.89. The number of fused-ring (bicyclic) bond motifs is 1.